The molecule has 2 rings (SSSR count). The van der Waals surface area contributed by atoms with Crippen molar-refractivity contribution >= 4 is 11.6 Å². The molecule has 0 heterocycles. The van der Waals surface area contributed by atoms with E-state index in [1.54, 1.807) is 7.11 Å². The molecule has 4 heteroatoms. The van der Waals surface area contributed by atoms with E-state index in [0.29, 0.717) is 5.02 Å². The fraction of sp³-hybridized carbons (Fsp3) is 0.294. The second kappa shape index (κ2) is 7.34. The van der Waals surface area contributed by atoms with Gasteiger partial charge in [-0.05, 0) is 55.4 Å². The van der Waals surface area contributed by atoms with E-state index in [9.17, 15) is 0 Å². The van der Waals surface area contributed by atoms with Crippen molar-refractivity contribution < 1.29 is 9.47 Å². The standard InChI is InChI=1S/C17H20ClNO2/c1-4-19-12(2)16-10-9-15(11-17(16)18)21-14-7-5-13(20-3)6-8-14/h5-12,19H,4H2,1-3H3. The molecule has 2 aromatic rings. The van der Waals surface area contributed by atoms with Crippen molar-refractivity contribution in [3.8, 4) is 17.2 Å². The number of hydrogen-bond donors (Lipinski definition) is 1. The summed E-state index contributed by atoms with van der Waals surface area (Å²) in [6, 6.07) is 13.4. The Bertz CT molecular complexity index is 584. The lowest BCUT2D eigenvalue weighted by atomic mass is 10.1. The number of methoxy groups -OCH3 is 1. The highest BCUT2D eigenvalue weighted by molar-refractivity contribution is 6.31. The first-order valence-electron chi connectivity index (χ1n) is 6.98. The summed E-state index contributed by atoms with van der Waals surface area (Å²) in [5, 5.41) is 4.05. The Morgan fingerprint density at radius 2 is 1.67 bits per heavy atom. The van der Waals surface area contributed by atoms with E-state index in [0.717, 1.165) is 29.4 Å². The lowest BCUT2D eigenvalue weighted by molar-refractivity contribution is 0.413. The molecule has 0 saturated heterocycles. The van der Waals surface area contributed by atoms with Crippen LogP contribution in [0.25, 0.3) is 0 Å². The largest absolute Gasteiger partial charge is 0.497 e. The number of nitrogens with one attached hydrogen (secondary N) is 1. The summed E-state index contributed by atoms with van der Waals surface area (Å²) < 4.78 is 10.9. The minimum Gasteiger partial charge on any atom is -0.497 e. The number of rotatable bonds is 6. The highest BCUT2D eigenvalue weighted by Crippen LogP contribution is 2.30. The summed E-state index contributed by atoms with van der Waals surface area (Å²) in [5.41, 5.74) is 1.07. The monoisotopic (exact) mass is 305 g/mol. The summed E-state index contributed by atoms with van der Waals surface area (Å²) in [5.74, 6) is 2.27. The fourth-order valence-corrected chi connectivity index (χ4v) is 2.45. The van der Waals surface area contributed by atoms with Gasteiger partial charge in [-0.2, -0.15) is 0 Å². The summed E-state index contributed by atoms with van der Waals surface area (Å²) in [6.45, 7) is 5.07. The zero-order valence-electron chi connectivity index (χ0n) is 12.5. The van der Waals surface area contributed by atoms with Gasteiger partial charge in [-0.1, -0.05) is 24.6 Å². The van der Waals surface area contributed by atoms with Gasteiger partial charge in [-0.3, -0.25) is 0 Å². The van der Waals surface area contributed by atoms with Gasteiger partial charge in [-0.25, -0.2) is 0 Å². The Balaban J connectivity index is 2.12. The minimum absolute atomic E-state index is 0.220. The van der Waals surface area contributed by atoms with Crippen molar-refractivity contribution in [1.29, 1.82) is 0 Å². The van der Waals surface area contributed by atoms with E-state index in [2.05, 4.69) is 19.2 Å². The fourth-order valence-electron chi connectivity index (χ4n) is 2.12. The number of halogens is 1. The van der Waals surface area contributed by atoms with Crippen LogP contribution in [0.15, 0.2) is 42.5 Å². The number of hydrogen-bond acceptors (Lipinski definition) is 3. The van der Waals surface area contributed by atoms with Crippen molar-refractivity contribution in [3.05, 3.63) is 53.1 Å². The molecule has 0 fully saturated rings. The predicted molar refractivity (Wildman–Crippen MR) is 86.6 cm³/mol. The topological polar surface area (TPSA) is 30.5 Å². The molecular formula is C17H20ClNO2. The third-order valence-corrected chi connectivity index (χ3v) is 3.57. The molecule has 0 saturated carbocycles. The zero-order chi connectivity index (χ0) is 15.2. The van der Waals surface area contributed by atoms with E-state index in [1.807, 2.05) is 42.5 Å². The molecule has 3 nitrogen and oxygen atoms in total. The van der Waals surface area contributed by atoms with Crippen molar-refractivity contribution in [1.82, 2.24) is 5.32 Å². The zero-order valence-corrected chi connectivity index (χ0v) is 13.3. The van der Waals surface area contributed by atoms with E-state index in [4.69, 9.17) is 21.1 Å². The average molecular weight is 306 g/mol. The van der Waals surface area contributed by atoms with Crippen molar-refractivity contribution in [2.24, 2.45) is 0 Å². The molecule has 0 bridgehead atoms. The molecule has 112 valence electrons. The SMILES string of the molecule is CCNC(C)c1ccc(Oc2ccc(OC)cc2)cc1Cl. The van der Waals surface area contributed by atoms with Crippen LogP contribution in [0.2, 0.25) is 5.02 Å². The van der Waals surface area contributed by atoms with Crippen LogP contribution in [0.3, 0.4) is 0 Å². The lowest BCUT2D eigenvalue weighted by Crippen LogP contribution is -2.17. The maximum Gasteiger partial charge on any atom is 0.128 e. The molecule has 0 aliphatic carbocycles. The maximum absolute atomic E-state index is 6.33. The van der Waals surface area contributed by atoms with Crippen LogP contribution in [0.4, 0.5) is 0 Å². The average Bonchev–Trinajstić information content (AvgIpc) is 2.48. The van der Waals surface area contributed by atoms with Crippen LogP contribution in [0.1, 0.15) is 25.5 Å². The highest BCUT2D eigenvalue weighted by atomic mass is 35.5. The first-order chi connectivity index (χ1) is 10.1. The Kier molecular flexibility index (Phi) is 5.48. The predicted octanol–water partition coefficient (Wildman–Crippen LogP) is 4.81. The molecule has 0 spiro atoms. The summed E-state index contributed by atoms with van der Waals surface area (Å²) in [4.78, 5) is 0. The van der Waals surface area contributed by atoms with Gasteiger partial charge < -0.3 is 14.8 Å². The van der Waals surface area contributed by atoms with Gasteiger partial charge >= 0.3 is 0 Å². The van der Waals surface area contributed by atoms with Crippen LogP contribution >= 0.6 is 11.6 Å². The smallest absolute Gasteiger partial charge is 0.128 e. The molecule has 2 aromatic carbocycles. The van der Waals surface area contributed by atoms with Crippen molar-refractivity contribution in [2.45, 2.75) is 19.9 Å². The molecule has 0 aromatic heterocycles. The second-order valence-corrected chi connectivity index (χ2v) is 5.15. The van der Waals surface area contributed by atoms with Crippen LogP contribution in [-0.2, 0) is 0 Å². The van der Waals surface area contributed by atoms with Crippen LogP contribution in [0.5, 0.6) is 17.2 Å². The van der Waals surface area contributed by atoms with Crippen molar-refractivity contribution in [3.63, 3.8) is 0 Å². The Morgan fingerprint density at radius 3 is 2.24 bits per heavy atom. The number of benzene rings is 2. The molecule has 1 N–H and O–H groups in total. The van der Waals surface area contributed by atoms with Gasteiger partial charge in [0.15, 0.2) is 0 Å². The second-order valence-electron chi connectivity index (χ2n) is 4.74. The third kappa shape index (κ3) is 4.13. The van der Waals surface area contributed by atoms with Crippen LogP contribution in [0, 0.1) is 0 Å². The van der Waals surface area contributed by atoms with Gasteiger partial charge in [0.05, 0.1) is 7.11 Å². The molecule has 0 aliphatic heterocycles. The first kappa shape index (κ1) is 15.7. The van der Waals surface area contributed by atoms with E-state index >= 15 is 0 Å². The van der Waals surface area contributed by atoms with Gasteiger partial charge in [0.2, 0.25) is 0 Å². The lowest BCUT2D eigenvalue weighted by Gasteiger charge is -2.15. The summed E-state index contributed by atoms with van der Waals surface area (Å²) in [6.07, 6.45) is 0. The molecule has 0 amide bonds. The molecule has 1 unspecified atom stereocenters. The maximum atomic E-state index is 6.33. The molecule has 1 atom stereocenters. The van der Waals surface area contributed by atoms with E-state index < -0.39 is 0 Å². The highest BCUT2D eigenvalue weighted by Gasteiger charge is 2.09. The van der Waals surface area contributed by atoms with Crippen molar-refractivity contribution in [2.75, 3.05) is 13.7 Å². The van der Waals surface area contributed by atoms with Gasteiger partial charge in [-0.15, -0.1) is 0 Å². The van der Waals surface area contributed by atoms with Gasteiger partial charge in [0.25, 0.3) is 0 Å². The Morgan fingerprint density at radius 1 is 1.05 bits per heavy atom. The summed E-state index contributed by atoms with van der Waals surface area (Å²) in [7, 11) is 1.64. The van der Waals surface area contributed by atoms with Crippen LogP contribution < -0.4 is 14.8 Å². The molecular weight excluding hydrogens is 286 g/mol. The number of ether oxygens (including phenoxy) is 2. The minimum atomic E-state index is 0.220. The van der Waals surface area contributed by atoms with E-state index in [1.165, 1.54) is 0 Å². The molecule has 21 heavy (non-hydrogen) atoms. The first-order valence-corrected chi connectivity index (χ1v) is 7.36. The molecule has 0 aliphatic rings. The van der Waals surface area contributed by atoms with Crippen LogP contribution in [-0.4, -0.2) is 13.7 Å². The quantitative estimate of drug-likeness (QED) is 0.830. The normalized spacial score (nSPS) is 12.0. The van der Waals surface area contributed by atoms with Gasteiger partial charge in [0, 0.05) is 11.1 Å². The Labute approximate surface area is 130 Å². The Hall–Kier alpha value is -1.71. The third-order valence-electron chi connectivity index (χ3n) is 3.24. The molecule has 0 radical (unpaired) electrons. The van der Waals surface area contributed by atoms with E-state index in [-0.39, 0.29) is 6.04 Å². The summed E-state index contributed by atoms with van der Waals surface area (Å²) >= 11 is 6.33. The van der Waals surface area contributed by atoms with Gasteiger partial charge in [0.1, 0.15) is 17.2 Å².